The molecule has 0 bridgehead atoms. The Morgan fingerprint density at radius 2 is 1.79 bits per heavy atom. The molecule has 1 rings (SSSR count). The molecule has 0 unspecified atom stereocenters. The molecule has 0 amide bonds. The third-order valence-corrected chi connectivity index (χ3v) is 1.94. The second-order valence-electron chi connectivity index (χ2n) is 3.48. The highest BCUT2D eigenvalue weighted by Gasteiger charge is 2.06. The van der Waals surface area contributed by atoms with E-state index in [2.05, 4.69) is 35.9 Å². The zero-order valence-corrected chi connectivity index (χ0v) is 9.90. The van der Waals surface area contributed by atoms with Crippen molar-refractivity contribution in [2.45, 2.75) is 33.6 Å². The van der Waals surface area contributed by atoms with E-state index in [1.807, 2.05) is 6.92 Å². The van der Waals surface area contributed by atoms with E-state index in [1.54, 1.807) is 0 Å². The predicted octanol–water partition coefficient (Wildman–Crippen LogP) is 1.72. The molecule has 1 fully saturated rings. The zero-order valence-electron chi connectivity index (χ0n) is 9.90. The molecule has 2 heteroatoms. The van der Waals surface area contributed by atoms with Crippen LogP contribution in [0.1, 0.15) is 33.6 Å². The van der Waals surface area contributed by atoms with Crippen molar-refractivity contribution in [1.29, 1.82) is 0 Å². The summed E-state index contributed by atoms with van der Waals surface area (Å²) in [6.45, 7) is 11.9. The fourth-order valence-corrected chi connectivity index (χ4v) is 1.27. The molecule has 14 heavy (non-hydrogen) atoms. The maximum atomic E-state index is 3.33. The van der Waals surface area contributed by atoms with Crippen LogP contribution in [0.15, 0.2) is 0 Å². The molecule has 0 aliphatic carbocycles. The third-order valence-electron chi connectivity index (χ3n) is 1.94. The number of rotatable bonds is 2. The van der Waals surface area contributed by atoms with Gasteiger partial charge < -0.3 is 5.32 Å². The van der Waals surface area contributed by atoms with Gasteiger partial charge in [-0.25, -0.2) is 0 Å². The SMILES string of the molecule is CC#CCCN1CCNCC1.CCC. The number of hydrogen-bond donors (Lipinski definition) is 1. The third kappa shape index (κ3) is 8.10. The summed E-state index contributed by atoms with van der Waals surface area (Å²) < 4.78 is 0. The number of hydrogen-bond acceptors (Lipinski definition) is 2. The molecule has 2 nitrogen and oxygen atoms in total. The Balaban J connectivity index is 0.000000500. The Bertz CT molecular complexity index is 161. The largest absolute Gasteiger partial charge is 0.314 e. The van der Waals surface area contributed by atoms with Crippen LogP contribution in [0.4, 0.5) is 0 Å². The highest BCUT2D eigenvalue weighted by molar-refractivity contribution is 4.95. The lowest BCUT2D eigenvalue weighted by Gasteiger charge is -2.26. The summed E-state index contributed by atoms with van der Waals surface area (Å²) in [4.78, 5) is 2.46. The molecule has 1 saturated heterocycles. The second kappa shape index (κ2) is 10.6. The maximum Gasteiger partial charge on any atom is 0.0216 e. The molecule has 0 aromatic heterocycles. The van der Waals surface area contributed by atoms with E-state index < -0.39 is 0 Å². The molecule has 1 aliphatic heterocycles. The van der Waals surface area contributed by atoms with Gasteiger partial charge in [0.05, 0.1) is 0 Å². The van der Waals surface area contributed by atoms with Crippen LogP contribution in [-0.4, -0.2) is 37.6 Å². The summed E-state index contributed by atoms with van der Waals surface area (Å²) in [6.07, 6.45) is 2.27. The molecule has 0 saturated carbocycles. The van der Waals surface area contributed by atoms with Crippen molar-refractivity contribution in [2.75, 3.05) is 32.7 Å². The van der Waals surface area contributed by atoms with Crippen molar-refractivity contribution in [1.82, 2.24) is 10.2 Å². The van der Waals surface area contributed by atoms with Gasteiger partial charge in [0, 0.05) is 39.1 Å². The van der Waals surface area contributed by atoms with Gasteiger partial charge in [0.25, 0.3) is 0 Å². The van der Waals surface area contributed by atoms with E-state index in [9.17, 15) is 0 Å². The van der Waals surface area contributed by atoms with Crippen molar-refractivity contribution < 1.29 is 0 Å². The average Bonchev–Trinajstić information content (AvgIpc) is 2.21. The Kier molecular flexibility index (Phi) is 10.2. The molecular formula is C12H24N2. The fourth-order valence-electron chi connectivity index (χ4n) is 1.27. The Morgan fingerprint density at radius 1 is 1.21 bits per heavy atom. The van der Waals surface area contributed by atoms with Gasteiger partial charge in [-0.15, -0.1) is 11.8 Å². The van der Waals surface area contributed by atoms with E-state index in [-0.39, 0.29) is 0 Å². The van der Waals surface area contributed by atoms with Gasteiger partial charge >= 0.3 is 0 Å². The highest BCUT2D eigenvalue weighted by Crippen LogP contribution is 1.92. The summed E-state index contributed by atoms with van der Waals surface area (Å²) in [5.74, 6) is 6.00. The minimum atomic E-state index is 1.02. The highest BCUT2D eigenvalue weighted by atomic mass is 15.2. The smallest absolute Gasteiger partial charge is 0.0216 e. The number of nitrogens with zero attached hydrogens (tertiary/aromatic N) is 1. The molecule has 1 aliphatic rings. The molecule has 1 heterocycles. The molecular weight excluding hydrogens is 172 g/mol. The lowest BCUT2D eigenvalue weighted by molar-refractivity contribution is 0.246. The van der Waals surface area contributed by atoms with E-state index in [1.165, 1.54) is 19.5 Å². The molecule has 0 aromatic rings. The molecule has 82 valence electrons. The van der Waals surface area contributed by atoms with Crippen molar-refractivity contribution in [3.8, 4) is 11.8 Å². The zero-order chi connectivity index (χ0) is 10.6. The van der Waals surface area contributed by atoms with E-state index in [0.29, 0.717) is 0 Å². The maximum absolute atomic E-state index is 3.33. The summed E-state index contributed by atoms with van der Waals surface area (Å²) in [7, 11) is 0. The first-order valence-electron chi connectivity index (χ1n) is 5.67. The average molecular weight is 196 g/mol. The molecule has 0 spiro atoms. The summed E-state index contributed by atoms with van der Waals surface area (Å²) >= 11 is 0. The quantitative estimate of drug-likeness (QED) is 0.677. The van der Waals surface area contributed by atoms with Crippen LogP contribution in [0, 0.1) is 11.8 Å². The van der Waals surface area contributed by atoms with Gasteiger partial charge in [-0.05, 0) is 6.92 Å². The van der Waals surface area contributed by atoms with Crippen LogP contribution < -0.4 is 5.32 Å². The van der Waals surface area contributed by atoms with Crippen molar-refractivity contribution in [3.05, 3.63) is 0 Å². The van der Waals surface area contributed by atoms with Gasteiger partial charge in [-0.3, -0.25) is 4.90 Å². The minimum Gasteiger partial charge on any atom is -0.314 e. The summed E-state index contributed by atoms with van der Waals surface area (Å²) in [5, 5.41) is 3.33. The number of nitrogens with one attached hydrogen (secondary N) is 1. The topological polar surface area (TPSA) is 15.3 Å². The van der Waals surface area contributed by atoms with Crippen molar-refractivity contribution >= 4 is 0 Å². The molecule has 0 atom stereocenters. The van der Waals surface area contributed by atoms with Crippen LogP contribution in [0.3, 0.4) is 0 Å². The first kappa shape index (κ1) is 13.5. The molecule has 0 aromatic carbocycles. The number of piperazine rings is 1. The second-order valence-corrected chi connectivity index (χ2v) is 3.48. The van der Waals surface area contributed by atoms with Gasteiger partial charge in [-0.2, -0.15) is 0 Å². The first-order valence-corrected chi connectivity index (χ1v) is 5.67. The Labute approximate surface area is 89.1 Å². The molecule has 0 radical (unpaired) electrons. The van der Waals surface area contributed by atoms with E-state index in [0.717, 1.165) is 26.1 Å². The van der Waals surface area contributed by atoms with Crippen LogP contribution >= 0.6 is 0 Å². The van der Waals surface area contributed by atoms with Crippen LogP contribution in [0.2, 0.25) is 0 Å². The van der Waals surface area contributed by atoms with Gasteiger partial charge in [0.2, 0.25) is 0 Å². The Morgan fingerprint density at radius 3 is 2.29 bits per heavy atom. The van der Waals surface area contributed by atoms with Crippen molar-refractivity contribution in [3.63, 3.8) is 0 Å². The summed E-state index contributed by atoms with van der Waals surface area (Å²) in [5.41, 5.74) is 0. The van der Waals surface area contributed by atoms with Gasteiger partial charge in [0.1, 0.15) is 0 Å². The standard InChI is InChI=1S/C9H16N2.C3H8/c1-2-3-4-7-11-8-5-10-6-9-11;1-3-2/h10H,4-9H2,1H3;3H2,1-2H3. The van der Waals surface area contributed by atoms with Crippen LogP contribution in [0.25, 0.3) is 0 Å². The van der Waals surface area contributed by atoms with E-state index in [4.69, 9.17) is 0 Å². The lowest BCUT2D eigenvalue weighted by Crippen LogP contribution is -2.43. The lowest BCUT2D eigenvalue weighted by atomic mass is 10.3. The van der Waals surface area contributed by atoms with Gasteiger partial charge in [-0.1, -0.05) is 20.3 Å². The Hall–Kier alpha value is -0.520. The fraction of sp³-hybridized carbons (Fsp3) is 0.833. The monoisotopic (exact) mass is 196 g/mol. The predicted molar refractivity (Wildman–Crippen MR) is 63.3 cm³/mol. The van der Waals surface area contributed by atoms with Gasteiger partial charge in [0.15, 0.2) is 0 Å². The van der Waals surface area contributed by atoms with Crippen molar-refractivity contribution in [2.24, 2.45) is 0 Å². The normalized spacial score (nSPS) is 16.2. The van der Waals surface area contributed by atoms with Crippen LogP contribution in [-0.2, 0) is 0 Å². The van der Waals surface area contributed by atoms with Crippen LogP contribution in [0.5, 0.6) is 0 Å². The molecule has 1 N–H and O–H groups in total. The van der Waals surface area contributed by atoms with E-state index >= 15 is 0 Å². The minimum absolute atomic E-state index is 1.02. The summed E-state index contributed by atoms with van der Waals surface area (Å²) in [6, 6.07) is 0. The first-order chi connectivity index (χ1) is 6.85.